The Morgan fingerprint density at radius 2 is 1.44 bits per heavy atom. The quantitative estimate of drug-likeness (QED) is 0.733. The molecule has 0 aromatic carbocycles. The molecule has 0 bridgehead atoms. The van der Waals surface area contributed by atoms with Gasteiger partial charge in [-0.3, -0.25) is 14.4 Å². The predicted octanol–water partition coefficient (Wildman–Crippen LogP) is 1.75. The fourth-order valence-electron chi connectivity index (χ4n) is 1.81. The topological polar surface area (TPSA) is 77.2 Å². The highest BCUT2D eigenvalue weighted by Crippen LogP contribution is 2.23. The summed E-state index contributed by atoms with van der Waals surface area (Å²) in [5.41, 5.74) is 4.97. The molecule has 0 spiro atoms. The van der Waals surface area contributed by atoms with Gasteiger partial charge in [0.1, 0.15) is 11.6 Å². The van der Waals surface area contributed by atoms with Crippen LogP contribution in [0, 0.1) is 17.3 Å². The Labute approximate surface area is 109 Å². The second-order valence-electron chi connectivity index (χ2n) is 6.11. The molecule has 0 aromatic heterocycles. The van der Waals surface area contributed by atoms with Gasteiger partial charge in [-0.05, 0) is 20.8 Å². The molecule has 0 aliphatic rings. The van der Waals surface area contributed by atoms with E-state index in [-0.39, 0.29) is 29.8 Å². The molecule has 0 rings (SSSR count). The van der Waals surface area contributed by atoms with Crippen molar-refractivity contribution in [3.05, 3.63) is 0 Å². The van der Waals surface area contributed by atoms with Crippen LogP contribution < -0.4 is 5.73 Å². The van der Waals surface area contributed by atoms with E-state index in [1.807, 2.05) is 0 Å². The summed E-state index contributed by atoms with van der Waals surface area (Å²) in [5, 5.41) is 0. The third kappa shape index (κ3) is 4.69. The third-order valence-electron chi connectivity index (χ3n) is 2.99. The molecule has 104 valence electrons. The summed E-state index contributed by atoms with van der Waals surface area (Å²) in [5.74, 6) is -2.12. The standard InChI is InChI=1S/C14H25NO3/c1-8(15)7-11(16)9(2)12(17)10(3)13(18)14(4,5)6/h8-10H,7,15H2,1-6H3. The zero-order chi connectivity index (χ0) is 14.7. The van der Waals surface area contributed by atoms with Gasteiger partial charge in [-0.2, -0.15) is 0 Å². The number of Topliss-reactive ketones (excluding diaryl/α,β-unsaturated/α-hetero) is 3. The van der Waals surface area contributed by atoms with Crippen molar-refractivity contribution in [2.24, 2.45) is 23.0 Å². The van der Waals surface area contributed by atoms with E-state index in [1.54, 1.807) is 41.5 Å². The molecule has 0 saturated heterocycles. The van der Waals surface area contributed by atoms with E-state index in [2.05, 4.69) is 0 Å². The van der Waals surface area contributed by atoms with E-state index in [9.17, 15) is 14.4 Å². The number of nitrogens with two attached hydrogens (primary N) is 1. The fourth-order valence-corrected chi connectivity index (χ4v) is 1.81. The Bertz CT molecular complexity index is 339. The highest BCUT2D eigenvalue weighted by Gasteiger charge is 2.35. The molecule has 4 nitrogen and oxygen atoms in total. The Balaban J connectivity index is 4.75. The molecule has 0 saturated carbocycles. The first-order valence-corrected chi connectivity index (χ1v) is 6.34. The molecule has 0 aromatic rings. The molecular weight excluding hydrogens is 230 g/mol. The summed E-state index contributed by atoms with van der Waals surface area (Å²) in [6, 6.07) is -0.263. The Kier molecular flexibility index (Phi) is 5.87. The van der Waals surface area contributed by atoms with E-state index < -0.39 is 17.3 Å². The van der Waals surface area contributed by atoms with Crippen molar-refractivity contribution >= 4 is 17.3 Å². The van der Waals surface area contributed by atoms with Crippen molar-refractivity contribution in [3.63, 3.8) is 0 Å². The fraction of sp³-hybridized carbons (Fsp3) is 0.786. The van der Waals surface area contributed by atoms with Gasteiger partial charge < -0.3 is 5.73 Å². The lowest BCUT2D eigenvalue weighted by atomic mass is 9.78. The van der Waals surface area contributed by atoms with Crippen LogP contribution in [-0.2, 0) is 14.4 Å². The molecule has 0 aliphatic carbocycles. The number of rotatable bonds is 6. The Hall–Kier alpha value is -1.03. The highest BCUT2D eigenvalue weighted by atomic mass is 16.2. The summed E-state index contributed by atoms with van der Waals surface area (Å²) in [6.07, 6.45) is 0.170. The van der Waals surface area contributed by atoms with Gasteiger partial charge in [0.2, 0.25) is 0 Å². The van der Waals surface area contributed by atoms with Crippen molar-refractivity contribution in [1.29, 1.82) is 0 Å². The molecule has 0 radical (unpaired) electrons. The summed E-state index contributed by atoms with van der Waals surface area (Å²) in [4.78, 5) is 35.8. The molecule has 0 fully saturated rings. The average molecular weight is 255 g/mol. The first-order valence-electron chi connectivity index (χ1n) is 6.34. The predicted molar refractivity (Wildman–Crippen MR) is 71.1 cm³/mol. The van der Waals surface area contributed by atoms with Crippen molar-refractivity contribution in [2.45, 2.75) is 54.0 Å². The Morgan fingerprint density at radius 3 is 1.78 bits per heavy atom. The average Bonchev–Trinajstić information content (AvgIpc) is 2.22. The zero-order valence-corrected chi connectivity index (χ0v) is 12.2. The van der Waals surface area contributed by atoms with Crippen LogP contribution in [0.25, 0.3) is 0 Å². The van der Waals surface area contributed by atoms with Gasteiger partial charge in [-0.15, -0.1) is 0 Å². The molecule has 0 aliphatic heterocycles. The van der Waals surface area contributed by atoms with Gasteiger partial charge in [0.25, 0.3) is 0 Å². The SMILES string of the molecule is CC(N)CC(=O)C(C)C(=O)C(C)C(=O)C(C)(C)C. The molecule has 2 N–H and O–H groups in total. The summed E-state index contributed by atoms with van der Waals surface area (Å²) < 4.78 is 0. The van der Waals surface area contributed by atoms with Crippen LogP contribution in [0.3, 0.4) is 0 Å². The van der Waals surface area contributed by atoms with E-state index >= 15 is 0 Å². The van der Waals surface area contributed by atoms with Crippen LogP contribution in [-0.4, -0.2) is 23.4 Å². The zero-order valence-electron chi connectivity index (χ0n) is 12.2. The smallest absolute Gasteiger partial charge is 0.153 e. The number of hydrogen-bond acceptors (Lipinski definition) is 4. The molecule has 18 heavy (non-hydrogen) atoms. The molecule has 4 heteroatoms. The van der Waals surface area contributed by atoms with Crippen molar-refractivity contribution in [1.82, 2.24) is 0 Å². The lowest BCUT2D eigenvalue weighted by Crippen LogP contribution is -2.37. The summed E-state index contributed by atoms with van der Waals surface area (Å²) in [7, 11) is 0. The van der Waals surface area contributed by atoms with Gasteiger partial charge in [0.15, 0.2) is 5.78 Å². The van der Waals surface area contributed by atoms with Crippen LogP contribution in [0.15, 0.2) is 0 Å². The third-order valence-corrected chi connectivity index (χ3v) is 2.99. The van der Waals surface area contributed by atoms with E-state index in [1.165, 1.54) is 0 Å². The first-order chi connectivity index (χ1) is 7.98. The van der Waals surface area contributed by atoms with E-state index in [0.29, 0.717) is 0 Å². The minimum atomic E-state index is -0.753. The summed E-state index contributed by atoms with van der Waals surface area (Å²) in [6.45, 7) is 10.2. The molecular formula is C14H25NO3. The lowest BCUT2D eigenvalue weighted by molar-refractivity contribution is -0.140. The van der Waals surface area contributed by atoms with Gasteiger partial charge in [-0.25, -0.2) is 0 Å². The van der Waals surface area contributed by atoms with Crippen molar-refractivity contribution in [3.8, 4) is 0 Å². The number of carbonyl (C=O) groups is 3. The molecule has 0 amide bonds. The van der Waals surface area contributed by atoms with Gasteiger partial charge in [-0.1, -0.05) is 20.8 Å². The van der Waals surface area contributed by atoms with Gasteiger partial charge in [0.05, 0.1) is 11.8 Å². The highest BCUT2D eigenvalue weighted by molar-refractivity contribution is 6.12. The second kappa shape index (κ2) is 6.23. The van der Waals surface area contributed by atoms with Gasteiger partial charge >= 0.3 is 0 Å². The molecule has 3 atom stereocenters. The number of carbonyl (C=O) groups excluding carboxylic acids is 3. The normalized spacial score (nSPS) is 16.8. The van der Waals surface area contributed by atoms with Crippen LogP contribution in [0.4, 0.5) is 0 Å². The minimum Gasteiger partial charge on any atom is -0.328 e. The van der Waals surface area contributed by atoms with E-state index in [0.717, 1.165) is 0 Å². The minimum absolute atomic E-state index is 0.132. The number of hydrogen-bond donors (Lipinski definition) is 1. The lowest BCUT2D eigenvalue weighted by Gasteiger charge is -2.23. The monoisotopic (exact) mass is 255 g/mol. The number of ketones is 3. The Morgan fingerprint density at radius 1 is 1.00 bits per heavy atom. The van der Waals surface area contributed by atoms with E-state index in [4.69, 9.17) is 5.73 Å². The van der Waals surface area contributed by atoms with Crippen LogP contribution >= 0.6 is 0 Å². The van der Waals surface area contributed by atoms with Crippen molar-refractivity contribution < 1.29 is 14.4 Å². The molecule has 0 heterocycles. The first kappa shape index (κ1) is 17.0. The maximum Gasteiger partial charge on any atom is 0.153 e. The molecule has 3 unspecified atom stereocenters. The van der Waals surface area contributed by atoms with Crippen molar-refractivity contribution in [2.75, 3.05) is 0 Å². The van der Waals surface area contributed by atoms with Gasteiger partial charge in [0, 0.05) is 17.9 Å². The maximum atomic E-state index is 12.1. The second-order valence-corrected chi connectivity index (χ2v) is 6.11. The van der Waals surface area contributed by atoms with Crippen LogP contribution in [0.2, 0.25) is 0 Å². The van der Waals surface area contributed by atoms with Crippen LogP contribution in [0.1, 0.15) is 48.0 Å². The van der Waals surface area contributed by atoms with Crippen LogP contribution in [0.5, 0.6) is 0 Å². The largest absolute Gasteiger partial charge is 0.328 e. The summed E-state index contributed by atoms with van der Waals surface area (Å²) >= 11 is 0. The maximum absolute atomic E-state index is 12.1.